The zero-order valence-electron chi connectivity index (χ0n) is 9.00. The molecular formula is C11H12BrF3O2. The van der Waals surface area contributed by atoms with Crippen molar-refractivity contribution in [1.29, 1.82) is 0 Å². The van der Waals surface area contributed by atoms with E-state index in [9.17, 15) is 23.4 Å². The Balaban J connectivity index is 3.13. The zero-order valence-corrected chi connectivity index (χ0v) is 10.6. The molecule has 0 amide bonds. The summed E-state index contributed by atoms with van der Waals surface area (Å²) in [6.45, 7) is 1.35. The molecule has 0 aliphatic carbocycles. The van der Waals surface area contributed by atoms with Crippen molar-refractivity contribution >= 4 is 15.9 Å². The summed E-state index contributed by atoms with van der Waals surface area (Å²) in [6.07, 6.45) is -6.94. The summed E-state index contributed by atoms with van der Waals surface area (Å²) in [6, 6.07) is 3.52. The molecule has 0 fully saturated rings. The fourth-order valence-electron chi connectivity index (χ4n) is 1.44. The van der Waals surface area contributed by atoms with Gasteiger partial charge >= 0.3 is 6.18 Å². The molecule has 1 rings (SSSR count). The van der Waals surface area contributed by atoms with Gasteiger partial charge in [0, 0.05) is 5.33 Å². The maximum absolute atomic E-state index is 12.6. The second-order valence-corrected chi connectivity index (χ2v) is 4.39. The Morgan fingerprint density at radius 1 is 1.29 bits per heavy atom. The van der Waals surface area contributed by atoms with E-state index in [1.807, 2.05) is 0 Å². The number of aliphatic hydroxyl groups excluding tert-OH is 2. The lowest BCUT2D eigenvalue weighted by Crippen LogP contribution is -2.20. The van der Waals surface area contributed by atoms with E-state index in [0.29, 0.717) is 0 Å². The van der Waals surface area contributed by atoms with Crippen molar-refractivity contribution in [2.45, 2.75) is 25.3 Å². The molecule has 0 aliphatic heterocycles. The summed E-state index contributed by atoms with van der Waals surface area (Å²) in [5.41, 5.74) is -0.660. The average Bonchev–Trinajstić information content (AvgIpc) is 2.26. The van der Waals surface area contributed by atoms with Gasteiger partial charge < -0.3 is 10.2 Å². The first-order valence-electron chi connectivity index (χ1n) is 4.87. The molecule has 1 aromatic rings. The van der Waals surface area contributed by atoms with Crippen LogP contribution < -0.4 is 0 Å². The molecule has 2 unspecified atom stereocenters. The van der Waals surface area contributed by atoms with Crippen LogP contribution in [0.5, 0.6) is 0 Å². The van der Waals surface area contributed by atoms with Gasteiger partial charge in [0.15, 0.2) is 0 Å². The highest BCUT2D eigenvalue weighted by Crippen LogP contribution is 2.33. The summed E-state index contributed by atoms with van der Waals surface area (Å²) in [4.78, 5) is 0. The van der Waals surface area contributed by atoms with Crippen molar-refractivity contribution in [3.8, 4) is 0 Å². The quantitative estimate of drug-likeness (QED) is 0.843. The second-order valence-electron chi connectivity index (χ2n) is 3.74. The van der Waals surface area contributed by atoms with E-state index in [4.69, 9.17) is 0 Å². The zero-order chi connectivity index (χ0) is 13.2. The monoisotopic (exact) mass is 312 g/mol. The number of halogens is 4. The molecule has 1 aromatic carbocycles. The molecule has 0 aromatic heterocycles. The van der Waals surface area contributed by atoms with Crippen LogP contribution in [0.15, 0.2) is 18.2 Å². The smallest absolute Gasteiger partial charge is 0.389 e. The largest absolute Gasteiger partial charge is 0.416 e. The van der Waals surface area contributed by atoms with Crippen LogP contribution in [0.25, 0.3) is 0 Å². The molecule has 0 bridgehead atoms. The SMILES string of the molecule is Cc1ccc(C(O)C(O)CBr)cc1C(F)(F)F. The van der Waals surface area contributed by atoms with Crippen LogP contribution in [0.2, 0.25) is 0 Å². The fraction of sp³-hybridized carbons (Fsp3) is 0.455. The van der Waals surface area contributed by atoms with E-state index >= 15 is 0 Å². The molecule has 0 heterocycles. The lowest BCUT2D eigenvalue weighted by Gasteiger charge is -2.18. The van der Waals surface area contributed by atoms with Crippen LogP contribution in [0.4, 0.5) is 13.2 Å². The summed E-state index contributed by atoms with van der Waals surface area (Å²) in [7, 11) is 0. The molecule has 6 heteroatoms. The number of benzene rings is 1. The predicted octanol–water partition coefficient (Wildman–Crippen LogP) is 2.80. The van der Waals surface area contributed by atoms with E-state index < -0.39 is 23.9 Å². The van der Waals surface area contributed by atoms with Gasteiger partial charge in [-0.2, -0.15) is 13.2 Å². The molecule has 17 heavy (non-hydrogen) atoms. The van der Waals surface area contributed by atoms with Crippen molar-refractivity contribution in [2.75, 3.05) is 5.33 Å². The number of aryl methyl sites for hydroxylation is 1. The Morgan fingerprint density at radius 2 is 1.88 bits per heavy atom. The van der Waals surface area contributed by atoms with Crippen LogP contribution in [-0.4, -0.2) is 21.6 Å². The average molecular weight is 313 g/mol. The predicted molar refractivity (Wildman–Crippen MR) is 60.9 cm³/mol. The minimum Gasteiger partial charge on any atom is -0.389 e. The first-order valence-corrected chi connectivity index (χ1v) is 5.99. The Labute approximate surface area is 105 Å². The van der Waals surface area contributed by atoms with E-state index in [2.05, 4.69) is 15.9 Å². The van der Waals surface area contributed by atoms with Gasteiger partial charge in [-0.15, -0.1) is 0 Å². The van der Waals surface area contributed by atoms with Crippen molar-refractivity contribution in [2.24, 2.45) is 0 Å². The molecule has 0 spiro atoms. The van der Waals surface area contributed by atoms with E-state index in [1.165, 1.54) is 19.1 Å². The van der Waals surface area contributed by atoms with E-state index in [-0.39, 0.29) is 16.5 Å². The van der Waals surface area contributed by atoms with Crippen molar-refractivity contribution in [3.63, 3.8) is 0 Å². The molecule has 0 saturated carbocycles. The number of aliphatic hydroxyl groups is 2. The Bertz CT molecular complexity index is 393. The Hall–Kier alpha value is -0.590. The lowest BCUT2D eigenvalue weighted by molar-refractivity contribution is -0.138. The highest BCUT2D eigenvalue weighted by atomic mass is 79.9. The van der Waals surface area contributed by atoms with Gasteiger partial charge in [0.25, 0.3) is 0 Å². The van der Waals surface area contributed by atoms with Crippen molar-refractivity contribution in [3.05, 3.63) is 34.9 Å². The van der Waals surface area contributed by atoms with Crippen molar-refractivity contribution < 1.29 is 23.4 Å². The van der Waals surface area contributed by atoms with Gasteiger partial charge in [0.2, 0.25) is 0 Å². The molecule has 96 valence electrons. The molecule has 2 nitrogen and oxygen atoms in total. The Kier molecular flexibility index (Phi) is 4.57. The molecule has 2 N–H and O–H groups in total. The third kappa shape index (κ3) is 3.43. The molecule has 0 aliphatic rings. The van der Waals surface area contributed by atoms with E-state index in [0.717, 1.165) is 6.07 Å². The third-order valence-corrected chi connectivity index (χ3v) is 3.09. The fourth-order valence-corrected chi connectivity index (χ4v) is 1.79. The molecule has 0 radical (unpaired) electrons. The minimum atomic E-state index is -4.46. The summed E-state index contributed by atoms with van der Waals surface area (Å²) in [5, 5.41) is 19.1. The first kappa shape index (κ1) is 14.5. The number of rotatable bonds is 3. The second kappa shape index (κ2) is 5.37. The number of hydrogen-bond donors (Lipinski definition) is 2. The van der Waals surface area contributed by atoms with Crippen molar-refractivity contribution in [1.82, 2.24) is 0 Å². The van der Waals surface area contributed by atoms with Gasteiger partial charge in [-0.1, -0.05) is 28.1 Å². The molecule has 2 atom stereocenters. The molecule has 0 saturated heterocycles. The van der Waals surface area contributed by atoms with Gasteiger partial charge in [-0.05, 0) is 24.1 Å². The van der Waals surface area contributed by atoms with Gasteiger partial charge in [0.1, 0.15) is 6.10 Å². The maximum atomic E-state index is 12.6. The van der Waals surface area contributed by atoms with Crippen LogP contribution in [0.1, 0.15) is 22.8 Å². The van der Waals surface area contributed by atoms with Gasteiger partial charge in [0.05, 0.1) is 11.7 Å². The topological polar surface area (TPSA) is 40.5 Å². The maximum Gasteiger partial charge on any atom is 0.416 e. The normalized spacial score (nSPS) is 15.7. The summed E-state index contributed by atoms with van der Waals surface area (Å²) < 4.78 is 37.9. The lowest BCUT2D eigenvalue weighted by atomic mass is 9.99. The molecular weight excluding hydrogens is 301 g/mol. The van der Waals surface area contributed by atoms with E-state index in [1.54, 1.807) is 0 Å². The Morgan fingerprint density at radius 3 is 2.35 bits per heavy atom. The van der Waals surface area contributed by atoms with Crippen LogP contribution in [0.3, 0.4) is 0 Å². The summed E-state index contributed by atoms with van der Waals surface area (Å²) in [5.74, 6) is 0. The highest BCUT2D eigenvalue weighted by molar-refractivity contribution is 9.09. The van der Waals surface area contributed by atoms with Crippen LogP contribution in [-0.2, 0) is 6.18 Å². The first-order chi connectivity index (χ1) is 7.77. The number of alkyl halides is 4. The standard InChI is InChI=1S/C11H12BrF3O2/c1-6-2-3-7(10(17)9(16)5-12)4-8(6)11(13,14)15/h2-4,9-10,16-17H,5H2,1H3. The third-order valence-electron chi connectivity index (χ3n) is 2.43. The minimum absolute atomic E-state index is 0.0508. The van der Waals surface area contributed by atoms with Gasteiger partial charge in [-0.25, -0.2) is 0 Å². The summed E-state index contributed by atoms with van der Waals surface area (Å²) >= 11 is 2.95. The van der Waals surface area contributed by atoms with Crippen LogP contribution in [0, 0.1) is 6.92 Å². The number of hydrogen-bond acceptors (Lipinski definition) is 2. The van der Waals surface area contributed by atoms with Crippen LogP contribution >= 0.6 is 15.9 Å². The van der Waals surface area contributed by atoms with Gasteiger partial charge in [-0.3, -0.25) is 0 Å². The highest BCUT2D eigenvalue weighted by Gasteiger charge is 2.33.